The number of aliphatic hydroxyl groups excluding tert-OH is 1. The van der Waals surface area contributed by atoms with Gasteiger partial charge in [-0.1, -0.05) is 6.92 Å². The van der Waals surface area contributed by atoms with Gasteiger partial charge in [0.1, 0.15) is 5.75 Å². The fourth-order valence-corrected chi connectivity index (χ4v) is 6.04. The van der Waals surface area contributed by atoms with E-state index < -0.39 is 41.9 Å². The van der Waals surface area contributed by atoms with Gasteiger partial charge in [-0.25, -0.2) is 9.59 Å². The maximum Gasteiger partial charge on any atom is 0.416 e. The van der Waals surface area contributed by atoms with Crippen LogP contribution in [0.1, 0.15) is 56.0 Å². The monoisotopic (exact) mass is 757 g/mol. The van der Waals surface area contributed by atoms with Crippen molar-refractivity contribution in [2.75, 3.05) is 56.1 Å². The van der Waals surface area contributed by atoms with E-state index in [4.69, 9.17) is 18.9 Å². The third-order valence-corrected chi connectivity index (χ3v) is 9.20. The summed E-state index contributed by atoms with van der Waals surface area (Å²) in [5.41, 5.74) is 0.343. The van der Waals surface area contributed by atoms with Crippen molar-refractivity contribution in [3.05, 3.63) is 71.8 Å². The zero-order valence-electron chi connectivity index (χ0n) is 30.6. The molecular weight excluding hydrogens is 711 g/mol. The van der Waals surface area contributed by atoms with Crippen molar-refractivity contribution in [3.8, 4) is 17.2 Å². The summed E-state index contributed by atoms with van der Waals surface area (Å²) in [5.74, 6) is 0.590. The number of benzene rings is 3. The van der Waals surface area contributed by atoms with Gasteiger partial charge in [0.05, 0.1) is 36.0 Å². The number of nitrogens with one attached hydrogen (secondary N) is 3. The third-order valence-electron chi connectivity index (χ3n) is 9.20. The number of rotatable bonds is 7. The highest BCUT2D eigenvalue weighted by Gasteiger charge is 2.32. The van der Waals surface area contributed by atoms with Crippen molar-refractivity contribution in [2.24, 2.45) is 5.92 Å². The minimum atomic E-state index is -4.50. The van der Waals surface area contributed by atoms with Crippen LogP contribution in [0.4, 0.5) is 39.8 Å². The topological polar surface area (TPSA) is 151 Å². The van der Waals surface area contributed by atoms with Gasteiger partial charge in [0.2, 0.25) is 6.79 Å². The third kappa shape index (κ3) is 10.5. The molecule has 0 bridgehead atoms. The minimum absolute atomic E-state index is 0.0933. The van der Waals surface area contributed by atoms with Crippen LogP contribution in [0, 0.1) is 5.92 Å². The summed E-state index contributed by atoms with van der Waals surface area (Å²) in [6.45, 7) is 5.83. The SMILES string of the molecule is C[C@@H]1CCCCO[C@@H](CN(C)C(=O)Nc2ccc(C(F)(F)F)cc2)[C@@H](C)CN([C@H](C)CO)C(=O)c2cc(NC(=O)Nc3ccc4c(c3)OCO4)ccc2O1. The highest BCUT2D eigenvalue weighted by atomic mass is 19.4. The number of hydrogen-bond donors (Lipinski definition) is 4. The van der Waals surface area contributed by atoms with Crippen molar-refractivity contribution in [1.82, 2.24) is 9.80 Å². The van der Waals surface area contributed by atoms with Crippen LogP contribution in [0.15, 0.2) is 60.7 Å². The van der Waals surface area contributed by atoms with Gasteiger partial charge in [-0.15, -0.1) is 0 Å². The molecule has 292 valence electrons. The van der Waals surface area contributed by atoms with Gasteiger partial charge in [-0.05, 0) is 87.7 Å². The molecule has 0 aromatic heterocycles. The average molecular weight is 758 g/mol. The fourth-order valence-electron chi connectivity index (χ4n) is 6.04. The Labute approximate surface area is 311 Å². The first-order valence-electron chi connectivity index (χ1n) is 17.7. The van der Waals surface area contributed by atoms with E-state index in [0.717, 1.165) is 18.6 Å². The Morgan fingerprint density at radius 1 is 0.926 bits per heavy atom. The maximum atomic E-state index is 14.4. The molecule has 4 N–H and O–H groups in total. The van der Waals surface area contributed by atoms with E-state index in [1.165, 1.54) is 28.0 Å². The zero-order valence-corrected chi connectivity index (χ0v) is 30.6. The largest absolute Gasteiger partial charge is 0.490 e. The number of carbonyl (C=O) groups is 3. The van der Waals surface area contributed by atoms with E-state index in [2.05, 4.69) is 16.0 Å². The van der Waals surface area contributed by atoms with Gasteiger partial charge in [0.15, 0.2) is 11.5 Å². The van der Waals surface area contributed by atoms with Crippen molar-refractivity contribution in [1.29, 1.82) is 0 Å². The number of aliphatic hydroxyl groups is 1. The van der Waals surface area contributed by atoms with Crippen molar-refractivity contribution >= 4 is 35.0 Å². The van der Waals surface area contributed by atoms with Crippen LogP contribution in [0.5, 0.6) is 17.2 Å². The van der Waals surface area contributed by atoms with E-state index in [1.54, 1.807) is 44.3 Å². The Hall–Kier alpha value is -5.22. The first-order valence-corrected chi connectivity index (χ1v) is 17.7. The fraction of sp³-hybridized carbons (Fsp3) is 0.447. The lowest BCUT2D eigenvalue weighted by atomic mass is 10.0. The van der Waals surface area contributed by atoms with E-state index in [0.29, 0.717) is 48.1 Å². The second kappa shape index (κ2) is 17.7. The molecule has 5 amide bonds. The molecule has 16 heteroatoms. The normalized spacial score (nSPS) is 19.8. The number of anilines is 3. The lowest BCUT2D eigenvalue weighted by molar-refractivity contribution is -0.137. The predicted octanol–water partition coefficient (Wildman–Crippen LogP) is 7.04. The van der Waals surface area contributed by atoms with Crippen LogP contribution in [0.2, 0.25) is 0 Å². The predicted molar refractivity (Wildman–Crippen MR) is 195 cm³/mol. The van der Waals surface area contributed by atoms with Crippen molar-refractivity contribution in [2.45, 2.75) is 64.5 Å². The van der Waals surface area contributed by atoms with Gasteiger partial charge >= 0.3 is 18.2 Å². The molecule has 0 unspecified atom stereocenters. The van der Waals surface area contributed by atoms with E-state index in [1.807, 2.05) is 13.8 Å². The number of carbonyl (C=O) groups excluding carboxylic acids is 3. The van der Waals surface area contributed by atoms with Gasteiger partial charge < -0.3 is 49.8 Å². The maximum absolute atomic E-state index is 14.4. The minimum Gasteiger partial charge on any atom is -0.490 e. The molecule has 0 fully saturated rings. The summed E-state index contributed by atoms with van der Waals surface area (Å²) in [7, 11) is 1.55. The van der Waals surface area contributed by atoms with Crippen LogP contribution in [-0.4, -0.2) is 91.3 Å². The standard InChI is InChI=1S/C38H46F3N5O8/c1-23-19-46(24(2)21-47)35(48)30-17-28(42-36(49)43-29-13-15-32-33(18-29)53-22-52-32)12-14-31(30)54-25(3)7-5-6-16-51-34(23)20-45(4)37(50)44-27-10-8-26(9-11-27)38(39,40)41/h8-15,17-18,23-25,34,47H,5-7,16,19-22H2,1-4H3,(H,44,50)(H2,42,43,49)/t23-,24+,25+,34-/m0/s1. The number of urea groups is 2. The smallest absolute Gasteiger partial charge is 0.416 e. The number of likely N-dealkylation sites (N-methyl/N-ethyl adjacent to an activating group) is 1. The van der Waals surface area contributed by atoms with E-state index in [-0.39, 0.29) is 49.8 Å². The number of halogens is 3. The number of amides is 5. The van der Waals surface area contributed by atoms with Crippen LogP contribution >= 0.6 is 0 Å². The second-order valence-corrected chi connectivity index (χ2v) is 13.5. The van der Waals surface area contributed by atoms with Gasteiger partial charge in [0.25, 0.3) is 5.91 Å². The summed E-state index contributed by atoms with van der Waals surface area (Å²) in [6.07, 6.45) is -3.23. The molecule has 3 aromatic rings. The quantitative estimate of drug-likeness (QED) is 0.201. The molecule has 5 rings (SSSR count). The molecule has 0 aliphatic carbocycles. The molecule has 4 atom stereocenters. The number of nitrogens with zero attached hydrogens (tertiary/aromatic N) is 2. The Morgan fingerprint density at radius 3 is 2.26 bits per heavy atom. The first-order chi connectivity index (χ1) is 25.7. The van der Waals surface area contributed by atoms with Gasteiger partial charge in [0, 0.05) is 55.8 Å². The lowest BCUT2D eigenvalue weighted by Crippen LogP contribution is -2.48. The molecule has 3 aromatic carbocycles. The molecule has 0 saturated carbocycles. The van der Waals surface area contributed by atoms with Crippen LogP contribution in [0.25, 0.3) is 0 Å². The Bertz CT molecular complexity index is 1780. The van der Waals surface area contributed by atoms with Crippen molar-refractivity contribution in [3.63, 3.8) is 0 Å². The van der Waals surface area contributed by atoms with E-state index >= 15 is 0 Å². The molecule has 2 aliphatic heterocycles. The molecule has 0 saturated heterocycles. The zero-order chi connectivity index (χ0) is 39.0. The molecule has 2 aliphatic rings. The Balaban J connectivity index is 1.33. The molecule has 0 radical (unpaired) electrons. The molecule has 2 heterocycles. The number of alkyl halides is 3. The molecule has 54 heavy (non-hydrogen) atoms. The lowest BCUT2D eigenvalue weighted by Gasteiger charge is -2.35. The molecule has 0 spiro atoms. The molecule has 13 nitrogen and oxygen atoms in total. The summed E-state index contributed by atoms with van der Waals surface area (Å²) < 4.78 is 62.3. The van der Waals surface area contributed by atoms with Gasteiger partial charge in [-0.2, -0.15) is 13.2 Å². The summed E-state index contributed by atoms with van der Waals surface area (Å²) in [5, 5.41) is 18.4. The highest BCUT2D eigenvalue weighted by molar-refractivity contribution is 6.02. The van der Waals surface area contributed by atoms with Crippen LogP contribution in [-0.2, 0) is 10.9 Å². The van der Waals surface area contributed by atoms with E-state index in [9.17, 15) is 32.7 Å². The number of hydrogen-bond acceptors (Lipinski definition) is 8. The first kappa shape index (κ1) is 40.0. The Kier molecular flexibility index (Phi) is 13.1. The Morgan fingerprint density at radius 2 is 1.57 bits per heavy atom. The average Bonchev–Trinajstić information content (AvgIpc) is 3.60. The van der Waals surface area contributed by atoms with Crippen molar-refractivity contribution < 1.29 is 51.6 Å². The highest BCUT2D eigenvalue weighted by Crippen LogP contribution is 2.35. The summed E-state index contributed by atoms with van der Waals surface area (Å²) >= 11 is 0. The number of ether oxygens (including phenoxy) is 4. The summed E-state index contributed by atoms with van der Waals surface area (Å²) in [6, 6.07) is 12.2. The molecular formula is C38H46F3N5O8. The van der Waals surface area contributed by atoms with Gasteiger partial charge in [-0.3, -0.25) is 4.79 Å². The second-order valence-electron chi connectivity index (χ2n) is 13.5. The summed E-state index contributed by atoms with van der Waals surface area (Å²) in [4.78, 5) is 43.4. The van der Waals surface area contributed by atoms with Crippen LogP contribution < -0.4 is 30.2 Å². The van der Waals surface area contributed by atoms with Crippen LogP contribution in [0.3, 0.4) is 0 Å². The number of fused-ring (bicyclic) bond motifs is 2.